The van der Waals surface area contributed by atoms with Gasteiger partial charge in [-0.05, 0) is 25.8 Å². The van der Waals surface area contributed by atoms with Gasteiger partial charge in [0.15, 0.2) is 9.84 Å². The smallest absolute Gasteiger partial charge is 0.238 e. The van der Waals surface area contributed by atoms with Crippen molar-refractivity contribution in [1.29, 1.82) is 0 Å². The van der Waals surface area contributed by atoms with Crippen LogP contribution in [0.2, 0.25) is 0 Å². The van der Waals surface area contributed by atoms with Crippen LogP contribution in [0.4, 0.5) is 0 Å². The Kier molecular flexibility index (Phi) is 4.10. The lowest BCUT2D eigenvalue weighted by Gasteiger charge is -2.21. The summed E-state index contributed by atoms with van der Waals surface area (Å²) in [5.41, 5.74) is 5.37. The second-order valence-corrected chi connectivity index (χ2v) is 6.17. The van der Waals surface area contributed by atoms with E-state index in [1.54, 1.807) is 4.90 Å². The summed E-state index contributed by atoms with van der Waals surface area (Å²) in [7, 11) is -3.22. The summed E-state index contributed by atoms with van der Waals surface area (Å²) in [5, 5.41) is 0. The molecule has 0 spiro atoms. The van der Waals surface area contributed by atoms with Crippen LogP contribution in [0.3, 0.4) is 0 Å². The molecule has 0 aliphatic heterocycles. The minimum absolute atomic E-state index is 0.255. The Balaban J connectivity index is 2.51. The first-order valence-electron chi connectivity index (χ1n) is 5.11. The molecule has 1 aliphatic carbocycles. The number of carbonyl (C=O) groups is 1. The molecule has 5 nitrogen and oxygen atoms in total. The summed E-state index contributed by atoms with van der Waals surface area (Å²) in [6.45, 7) is 1.10. The Hall–Kier alpha value is -0.620. The van der Waals surface area contributed by atoms with Crippen molar-refractivity contribution in [2.75, 3.05) is 25.1 Å². The molecule has 0 saturated heterocycles. The number of hydrogen-bond acceptors (Lipinski definition) is 4. The molecule has 0 atom stereocenters. The lowest BCUT2D eigenvalue weighted by molar-refractivity contribution is -0.129. The number of rotatable bonds is 6. The Morgan fingerprint density at radius 1 is 1.47 bits per heavy atom. The molecule has 1 aliphatic rings. The minimum Gasteiger partial charge on any atom is -0.339 e. The van der Waals surface area contributed by atoms with E-state index in [1.165, 1.54) is 0 Å². The summed E-state index contributed by atoms with van der Waals surface area (Å²) in [4.78, 5) is 13.3. The van der Waals surface area contributed by atoms with Gasteiger partial charge >= 0.3 is 0 Å². The second-order valence-electron chi connectivity index (χ2n) is 4.03. The summed E-state index contributed by atoms with van der Waals surface area (Å²) in [6, 6.07) is 0.255. The van der Waals surface area contributed by atoms with E-state index in [9.17, 15) is 13.2 Å². The average Bonchev–Trinajstić information content (AvgIpc) is 2.85. The fourth-order valence-electron chi connectivity index (χ4n) is 1.47. The fraction of sp³-hybridized carbons (Fsp3) is 0.889. The first-order chi connectivity index (χ1) is 6.94. The van der Waals surface area contributed by atoms with Crippen molar-refractivity contribution < 1.29 is 13.2 Å². The van der Waals surface area contributed by atoms with Gasteiger partial charge in [0, 0.05) is 18.8 Å². The van der Waals surface area contributed by atoms with Gasteiger partial charge in [-0.25, -0.2) is 8.42 Å². The topological polar surface area (TPSA) is 80.5 Å². The van der Waals surface area contributed by atoms with Crippen LogP contribution < -0.4 is 5.73 Å². The van der Waals surface area contributed by atoms with E-state index in [1.807, 2.05) is 0 Å². The molecular weight excluding hydrogens is 216 g/mol. The molecule has 2 N–H and O–H groups in total. The monoisotopic (exact) mass is 234 g/mol. The van der Waals surface area contributed by atoms with E-state index in [2.05, 4.69) is 0 Å². The molecule has 1 amide bonds. The highest BCUT2D eigenvalue weighted by Gasteiger charge is 2.32. The van der Waals surface area contributed by atoms with Crippen LogP contribution in [0.1, 0.15) is 19.3 Å². The highest BCUT2D eigenvalue weighted by atomic mass is 32.2. The van der Waals surface area contributed by atoms with Crippen molar-refractivity contribution in [3.05, 3.63) is 0 Å². The molecule has 1 fully saturated rings. The lowest BCUT2D eigenvalue weighted by Crippen LogP contribution is -2.38. The van der Waals surface area contributed by atoms with Crippen LogP contribution in [0, 0.1) is 0 Å². The van der Waals surface area contributed by atoms with E-state index in [4.69, 9.17) is 5.73 Å². The van der Waals surface area contributed by atoms with Gasteiger partial charge in [-0.2, -0.15) is 0 Å². The van der Waals surface area contributed by atoms with Crippen molar-refractivity contribution in [2.24, 2.45) is 5.73 Å². The Labute approximate surface area is 90.5 Å². The highest BCUT2D eigenvalue weighted by Crippen LogP contribution is 2.27. The summed E-state index contributed by atoms with van der Waals surface area (Å²) in [6.07, 6.45) is 3.78. The molecule has 0 radical (unpaired) electrons. The molecule has 0 bridgehead atoms. The largest absolute Gasteiger partial charge is 0.339 e. The molecule has 0 unspecified atom stereocenters. The first kappa shape index (κ1) is 12.4. The molecule has 0 aromatic heterocycles. The quantitative estimate of drug-likeness (QED) is 0.663. The van der Waals surface area contributed by atoms with Crippen molar-refractivity contribution in [2.45, 2.75) is 25.3 Å². The van der Waals surface area contributed by atoms with Crippen molar-refractivity contribution >= 4 is 15.7 Å². The predicted octanol–water partition coefficient (Wildman–Crippen LogP) is -0.629. The van der Waals surface area contributed by atoms with E-state index in [0.717, 1.165) is 25.5 Å². The number of nitrogens with two attached hydrogens (primary N) is 1. The van der Waals surface area contributed by atoms with Gasteiger partial charge in [0.25, 0.3) is 0 Å². The standard InChI is InChI=1S/C9H18N2O3S/c1-15(13,14)7-9(12)11(6-2-5-10)8-3-4-8/h8H,2-7,10H2,1H3. The van der Waals surface area contributed by atoms with E-state index >= 15 is 0 Å². The lowest BCUT2D eigenvalue weighted by atomic mass is 10.3. The SMILES string of the molecule is CS(=O)(=O)CC(=O)N(CCCN)C1CC1. The van der Waals surface area contributed by atoms with Gasteiger partial charge in [-0.15, -0.1) is 0 Å². The summed E-state index contributed by atoms with van der Waals surface area (Å²) >= 11 is 0. The maximum Gasteiger partial charge on any atom is 0.238 e. The number of carbonyl (C=O) groups excluding carboxylic acids is 1. The van der Waals surface area contributed by atoms with E-state index in [0.29, 0.717) is 13.1 Å². The average molecular weight is 234 g/mol. The Morgan fingerprint density at radius 2 is 2.07 bits per heavy atom. The zero-order valence-corrected chi connectivity index (χ0v) is 9.79. The maximum absolute atomic E-state index is 11.7. The van der Waals surface area contributed by atoms with Crippen LogP contribution in [-0.2, 0) is 14.6 Å². The van der Waals surface area contributed by atoms with E-state index < -0.39 is 9.84 Å². The van der Waals surface area contributed by atoms with Gasteiger partial charge in [-0.1, -0.05) is 0 Å². The molecule has 1 rings (SSSR count). The minimum atomic E-state index is -3.22. The van der Waals surface area contributed by atoms with Crippen LogP contribution in [0.25, 0.3) is 0 Å². The zero-order chi connectivity index (χ0) is 11.5. The van der Waals surface area contributed by atoms with Crippen LogP contribution in [-0.4, -0.2) is 50.4 Å². The Morgan fingerprint density at radius 3 is 2.47 bits per heavy atom. The third-order valence-electron chi connectivity index (χ3n) is 2.30. The van der Waals surface area contributed by atoms with Gasteiger partial charge < -0.3 is 10.6 Å². The zero-order valence-electron chi connectivity index (χ0n) is 8.98. The molecule has 15 heavy (non-hydrogen) atoms. The van der Waals surface area contributed by atoms with Crippen molar-refractivity contribution in [1.82, 2.24) is 4.90 Å². The molecule has 0 aromatic carbocycles. The highest BCUT2D eigenvalue weighted by molar-refractivity contribution is 7.91. The molecule has 0 heterocycles. The van der Waals surface area contributed by atoms with Gasteiger partial charge in [-0.3, -0.25) is 4.79 Å². The third-order valence-corrected chi connectivity index (χ3v) is 3.07. The predicted molar refractivity (Wildman–Crippen MR) is 58.1 cm³/mol. The first-order valence-corrected chi connectivity index (χ1v) is 7.17. The molecule has 1 saturated carbocycles. The normalized spacial score (nSPS) is 16.4. The van der Waals surface area contributed by atoms with Gasteiger partial charge in [0.1, 0.15) is 5.75 Å². The summed E-state index contributed by atoms with van der Waals surface area (Å²) in [5.74, 6) is -0.665. The number of sulfone groups is 1. The van der Waals surface area contributed by atoms with Gasteiger partial charge in [0.05, 0.1) is 0 Å². The Bertz CT molecular complexity index is 322. The van der Waals surface area contributed by atoms with Crippen molar-refractivity contribution in [3.8, 4) is 0 Å². The second kappa shape index (κ2) is 4.94. The van der Waals surface area contributed by atoms with Crippen LogP contribution in [0.5, 0.6) is 0 Å². The fourth-order valence-corrected chi connectivity index (χ4v) is 2.08. The number of amides is 1. The number of hydrogen-bond donors (Lipinski definition) is 1. The van der Waals surface area contributed by atoms with Gasteiger partial charge in [0.2, 0.25) is 5.91 Å². The summed E-state index contributed by atoms with van der Waals surface area (Å²) < 4.78 is 22.0. The van der Waals surface area contributed by atoms with Crippen LogP contribution in [0.15, 0.2) is 0 Å². The van der Waals surface area contributed by atoms with Crippen LogP contribution >= 0.6 is 0 Å². The molecule has 0 aromatic rings. The molecule has 88 valence electrons. The molecule has 6 heteroatoms. The van der Waals surface area contributed by atoms with Crippen molar-refractivity contribution in [3.63, 3.8) is 0 Å². The molecular formula is C9H18N2O3S. The maximum atomic E-state index is 11.7. The third kappa shape index (κ3) is 4.61. The van der Waals surface area contributed by atoms with E-state index in [-0.39, 0.29) is 17.7 Å². The number of nitrogens with zero attached hydrogens (tertiary/aromatic N) is 1.